The summed E-state index contributed by atoms with van der Waals surface area (Å²) in [7, 11) is 1.91. The first kappa shape index (κ1) is 11.5. The van der Waals surface area contributed by atoms with Gasteiger partial charge < -0.3 is 10.1 Å². The fourth-order valence-corrected chi connectivity index (χ4v) is 1.65. The minimum absolute atomic E-state index is 0.871. The first-order valence-corrected chi connectivity index (χ1v) is 5.72. The van der Waals surface area contributed by atoms with E-state index in [1.807, 2.05) is 50.4 Å². The average molecular weight is 227 g/mol. The minimum Gasteiger partial charge on any atom is -0.457 e. The monoisotopic (exact) mass is 227 g/mol. The third-order valence-corrected chi connectivity index (χ3v) is 2.71. The molecule has 0 aliphatic rings. The summed E-state index contributed by atoms with van der Waals surface area (Å²) in [5, 5.41) is 3.11. The van der Waals surface area contributed by atoms with Crippen molar-refractivity contribution in [2.75, 3.05) is 12.4 Å². The molecular weight excluding hydrogens is 210 g/mol. The fraction of sp³-hybridized carbons (Fsp3) is 0.200. The summed E-state index contributed by atoms with van der Waals surface area (Å²) in [5.74, 6) is 1.77. The van der Waals surface area contributed by atoms with Crippen LogP contribution in [0.3, 0.4) is 0 Å². The largest absolute Gasteiger partial charge is 0.457 e. The van der Waals surface area contributed by atoms with Gasteiger partial charge in [0.15, 0.2) is 0 Å². The van der Waals surface area contributed by atoms with E-state index in [1.54, 1.807) is 0 Å². The molecule has 0 unspecified atom stereocenters. The fourth-order valence-electron chi connectivity index (χ4n) is 1.65. The van der Waals surface area contributed by atoms with Gasteiger partial charge in [0.2, 0.25) is 0 Å². The van der Waals surface area contributed by atoms with Gasteiger partial charge >= 0.3 is 0 Å². The van der Waals surface area contributed by atoms with Crippen LogP contribution in [0.2, 0.25) is 0 Å². The van der Waals surface area contributed by atoms with Crippen LogP contribution in [0, 0.1) is 13.8 Å². The molecule has 0 aromatic heterocycles. The molecule has 2 aromatic carbocycles. The second-order valence-electron chi connectivity index (χ2n) is 4.15. The Labute approximate surface area is 102 Å². The van der Waals surface area contributed by atoms with Crippen LogP contribution in [0.25, 0.3) is 0 Å². The predicted octanol–water partition coefficient (Wildman–Crippen LogP) is 4.14. The van der Waals surface area contributed by atoms with Gasteiger partial charge in [0.05, 0.1) is 0 Å². The number of benzene rings is 2. The predicted molar refractivity (Wildman–Crippen MR) is 72.0 cm³/mol. The molecule has 0 atom stereocenters. The van der Waals surface area contributed by atoms with E-state index in [2.05, 4.69) is 18.3 Å². The Bertz CT molecular complexity index is 503. The van der Waals surface area contributed by atoms with Gasteiger partial charge in [0, 0.05) is 12.7 Å². The molecular formula is C15H17NO. The van der Waals surface area contributed by atoms with Crippen LogP contribution in [-0.4, -0.2) is 7.05 Å². The maximum absolute atomic E-state index is 5.84. The highest BCUT2D eigenvalue weighted by molar-refractivity contribution is 5.51. The van der Waals surface area contributed by atoms with Crippen LogP contribution in [-0.2, 0) is 0 Å². The summed E-state index contributed by atoms with van der Waals surface area (Å²) in [6.45, 7) is 4.11. The second kappa shape index (κ2) is 4.91. The number of hydrogen-bond donors (Lipinski definition) is 1. The summed E-state index contributed by atoms with van der Waals surface area (Å²) in [4.78, 5) is 0. The lowest BCUT2D eigenvalue weighted by Crippen LogP contribution is -1.91. The van der Waals surface area contributed by atoms with Gasteiger partial charge in [-0.1, -0.05) is 17.7 Å². The number of ether oxygens (including phenoxy) is 1. The second-order valence-corrected chi connectivity index (χ2v) is 4.15. The molecule has 0 heterocycles. The first-order chi connectivity index (χ1) is 8.19. The molecule has 1 N–H and O–H groups in total. The van der Waals surface area contributed by atoms with Crippen LogP contribution in [0.1, 0.15) is 11.1 Å². The zero-order valence-electron chi connectivity index (χ0n) is 10.4. The molecule has 0 aliphatic carbocycles. The molecule has 2 aromatic rings. The molecule has 0 fully saturated rings. The quantitative estimate of drug-likeness (QED) is 0.851. The maximum atomic E-state index is 5.84. The van der Waals surface area contributed by atoms with Crippen LogP contribution >= 0.6 is 0 Å². The van der Waals surface area contributed by atoms with E-state index in [4.69, 9.17) is 4.74 Å². The van der Waals surface area contributed by atoms with Crippen molar-refractivity contribution in [3.63, 3.8) is 0 Å². The van der Waals surface area contributed by atoms with E-state index in [0.717, 1.165) is 22.7 Å². The van der Waals surface area contributed by atoms with E-state index in [1.165, 1.54) is 5.56 Å². The number of nitrogens with one attached hydrogen (secondary N) is 1. The molecule has 88 valence electrons. The third kappa shape index (κ3) is 2.78. The Morgan fingerprint density at radius 2 is 1.65 bits per heavy atom. The van der Waals surface area contributed by atoms with Gasteiger partial charge in [0.1, 0.15) is 11.5 Å². The van der Waals surface area contributed by atoms with Crippen molar-refractivity contribution in [2.24, 2.45) is 0 Å². The Morgan fingerprint density at radius 3 is 2.24 bits per heavy atom. The molecule has 17 heavy (non-hydrogen) atoms. The Hall–Kier alpha value is -1.96. The van der Waals surface area contributed by atoms with Crippen molar-refractivity contribution < 1.29 is 4.74 Å². The van der Waals surface area contributed by atoms with Gasteiger partial charge in [-0.2, -0.15) is 0 Å². The van der Waals surface area contributed by atoms with Crippen molar-refractivity contribution >= 4 is 5.69 Å². The standard InChI is InChI=1S/C15H17NO/c1-11-4-7-14(8-5-11)17-15-9-6-13(16-3)10-12(15)2/h4-10,16H,1-3H3. The molecule has 2 heteroatoms. The van der Waals surface area contributed by atoms with Gasteiger partial charge in [-0.15, -0.1) is 0 Å². The molecule has 0 spiro atoms. The molecule has 0 radical (unpaired) electrons. The maximum Gasteiger partial charge on any atom is 0.130 e. The lowest BCUT2D eigenvalue weighted by molar-refractivity contribution is 0.479. The highest BCUT2D eigenvalue weighted by Gasteiger charge is 2.02. The van der Waals surface area contributed by atoms with E-state index in [9.17, 15) is 0 Å². The van der Waals surface area contributed by atoms with E-state index < -0.39 is 0 Å². The molecule has 0 saturated carbocycles. The molecule has 2 nitrogen and oxygen atoms in total. The molecule has 0 saturated heterocycles. The smallest absolute Gasteiger partial charge is 0.130 e. The zero-order valence-corrected chi connectivity index (χ0v) is 10.4. The van der Waals surface area contributed by atoms with Gasteiger partial charge in [-0.05, 0) is 49.7 Å². The van der Waals surface area contributed by atoms with Crippen LogP contribution in [0.4, 0.5) is 5.69 Å². The molecule has 2 rings (SSSR count). The number of aryl methyl sites for hydroxylation is 2. The van der Waals surface area contributed by atoms with E-state index in [-0.39, 0.29) is 0 Å². The topological polar surface area (TPSA) is 21.3 Å². The van der Waals surface area contributed by atoms with E-state index in [0.29, 0.717) is 0 Å². The Morgan fingerprint density at radius 1 is 0.941 bits per heavy atom. The SMILES string of the molecule is CNc1ccc(Oc2ccc(C)cc2)c(C)c1. The highest BCUT2D eigenvalue weighted by Crippen LogP contribution is 2.27. The number of rotatable bonds is 3. The van der Waals surface area contributed by atoms with Crippen LogP contribution < -0.4 is 10.1 Å². The third-order valence-electron chi connectivity index (χ3n) is 2.71. The molecule has 0 bridgehead atoms. The average Bonchev–Trinajstić information content (AvgIpc) is 2.34. The Kier molecular flexibility index (Phi) is 3.33. The molecule has 0 amide bonds. The van der Waals surface area contributed by atoms with Crippen LogP contribution in [0.5, 0.6) is 11.5 Å². The van der Waals surface area contributed by atoms with Crippen molar-refractivity contribution in [1.82, 2.24) is 0 Å². The van der Waals surface area contributed by atoms with Crippen molar-refractivity contribution in [1.29, 1.82) is 0 Å². The lowest BCUT2D eigenvalue weighted by Gasteiger charge is -2.10. The van der Waals surface area contributed by atoms with Crippen LogP contribution in [0.15, 0.2) is 42.5 Å². The van der Waals surface area contributed by atoms with Gasteiger partial charge in [0.25, 0.3) is 0 Å². The summed E-state index contributed by atoms with van der Waals surface area (Å²) in [6.07, 6.45) is 0. The van der Waals surface area contributed by atoms with E-state index >= 15 is 0 Å². The highest BCUT2D eigenvalue weighted by atomic mass is 16.5. The Balaban J connectivity index is 2.21. The summed E-state index contributed by atoms with van der Waals surface area (Å²) in [5.41, 5.74) is 3.45. The molecule has 0 aliphatic heterocycles. The number of hydrogen-bond acceptors (Lipinski definition) is 2. The number of anilines is 1. The summed E-state index contributed by atoms with van der Waals surface area (Å²) >= 11 is 0. The zero-order chi connectivity index (χ0) is 12.3. The lowest BCUT2D eigenvalue weighted by atomic mass is 10.2. The van der Waals surface area contributed by atoms with Gasteiger partial charge in [-0.25, -0.2) is 0 Å². The van der Waals surface area contributed by atoms with Crippen molar-refractivity contribution in [3.8, 4) is 11.5 Å². The summed E-state index contributed by atoms with van der Waals surface area (Å²) in [6, 6.07) is 14.1. The van der Waals surface area contributed by atoms with Crippen molar-refractivity contribution in [3.05, 3.63) is 53.6 Å². The van der Waals surface area contributed by atoms with Crippen molar-refractivity contribution in [2.45, 2.75) is 13.8 Å². The normalized spacial score (nSPS) is 10.1. The summed E-state index contributed by atoms with van der Waals surface area (Å²) < 4.78 is 5.84. The minimum atomic E-state index is 0.871. The first-order valence-electron chi connectivity index (χ1n) is 5.72. The van der Waals surface area contributed by atoms with Gasteiger partial charge in [-0.3, -0.25) is 0 Å².